The average molecular weight is 340 g/mol. The van der Waals surface area contributed by atoms with E-state index in [2.05, 4.69) is 10.2 Å². The van der Waals surface area contributed by atoms with Gasteiger partial charge in [0.05, 0.1) is 17.4 Å². The molecular weight excluding hydrogens is 316 g/mol. The van der Waals surface area contributed by atoms with Crippen molar-refractivity contribution in [1.29, 1.82) is 0 Å². The quantitative estimate of drug-likeness (QED) is 0.862. The number of carbonyl (C=O) groups excluding carboxylic acids is 1. The van der Waals surface area contributed by atoms with E-state index in [-0.39, 0.29) is 17.4 Å². The van der Waals surface area contributed by atoms with Gasteiger partial charge in [-0.2, -0.15) is 0 Å². The zero-order valence-electron chi connectivity index (χ0n) is 14.6. The van der Waals surface area contributed by atoms with Crippen LogP contribution in [0.3, 0.4) is 0 Å². The highest BCUT2D eigenvalue weighted by molar-refractivity contribution is 5.97. The minimum atomic E-state index is 0.0881. The molecule has 0 radical (unpaired) electrons. The zero-order valence-corrected chi connectivity index (χ0v) is 14.6. The van der Waals surface area contributed by atoms with Gasteiger partial charge in [-0.1, -0.05) is 18.6 Å². The Morgan fingerprint density at radius 1 is 1.20 bits per heavy atom. The molecule has 132 valence electrons. The van der Waals surface area contributed by atoms with Crippen LogP contribution in [0.4, 0.5) is 0 Å². The normalized spacial score (nSPS) is 26.3. The van der Waals surface area contributed by atoms with E-state index in [0.717, 1.165) is 44.5 Å². The van der Waals surface area contributed by atoms with E-state index in [1.165, 1.54) is 6.42 Å². The van der Waals surface area contributed by atoms with Gasteiger partial charge in [0, 0.05) is 25.6 Å². The summed E-state index contributed by atoms with van der Waals surface area (Å²) in [6, 6.07) is 7.67. The zero-order chi connectivity index (χ0) is 17.3. The molecule has 1 aromatic heterocycles. The topological polar surface area (TPSA) is 60.2 Å². The summed E-state index contributed by atoms with van der Waals surface area (Å²) < 4.78 is 7.55. The smallest absolute Gasteiger partial charge is 0.256 e. The molecule has 4 rings (SSSR count). The second kappa shape index (κ2) is 6.59. The standard InChI is InChI=1S/C19H24N4O2/c1-25-17-8-4-9-19(17)10-5-11-22(12-19)18(24)15-6-2-3-7-16(15)23-13-20-21-14-23/h2-3,6-7,13-14,17H,4-5,8-12H2,1H3/t17-,19+/m1/s1. The molecule has 0 N–H and O–H groups in total. The van der Waals surface area contributed by atoms with Crippen molar-refractivity contribution in [2.45, 2.75) is 38.2 Å². The SMILES string of the molecule is CO[C@@H]1CCC[C@@]12CCCN(C(=O)c1ccccc1-n1cnnc1)C2. The number of nitrogens with zero attached hydrogens (tertiary/aromatic N) is 4. The van der Waals surface area contributed by atoms with E-state index >= 15 is 0 Å². The average Bonchev–Trinajstić information content (AvgIpc) is 3.31. The summed E-state index contributed by atoms with van der Waals surface area (Å²) in [5.41, 5.74) is 1.66. The maximum Gasteiger partial charge on any atom is 0.256 e. The van der Waals surface area contributed by atoms with Gasteiger partial charge in [0.1, 0.15) is 12.7 Å². The highest BCUT2D eigenvalue weighted by Gasteiger charge is 2.46. The predicted molar refractivity (Wildman–Crippen MR) is 93.6 cm³/mol. The van der Waals surface area contributed by atoms with Crippen LogP contribution in [-0.4, -0.2) is 51.9 Å². The molecule has 1 amide bonds. The molecule has 2 heterocycles. The Kier molecular flexibility index (Phi) is 4.29. The molecule has 0 unspecified atom stereocenters. The van der Waals surface area contributed by atoms with Crippen LogP contribution in [0.15, 0.2) is 36.9 Å². The summed E-state index contributed by atoms with van der Waals surface area (Å²) in [5.74, 6) is 0.0881. The Balaban J connectivity index is 1.62. The minimum Gasteiger partial charge on any atom is -0.381 e. The van der Waals surface area contributed by atoms with E-state index < -0.39 is 0 Å². The minimum absolute atomic E-state index is 0.0881. The van der Waals surface area contributed by atoms with Gasteiger partial charge in [-0.3, -0.25) is 9.36 Å². The second-order valence-corrected chi connectivity index (χ2v) is 7.20. The summed E-state index contributed by atoms with van der Waals surface area (Å²) in [4.78, 5) is 15.3. The fraction of sp³-hybridized carbons (Fsp3) is 0.526. The summed E-state index contributed by atoms with van der Waals surface area (Å²) in [6.07, 6.45) is 9.18. The van der Waals surface area contributed by atoms with Gasteiger partial charge < -0.3 is 9.64 Å². The van der Waals surface area contributed by atoms with E-state index in [9.17, 15) is 4.79 Å². The predicted octanol–water partition coefficient (Wildman–Crippen LogP) is 2.69. The molecule has 1 aliphatic heterocycles. The number of hydrogen-bond acceptors (Lipinski definition) is 4. The molecule has 1 spiro atoms. The monoisotopic (exact) mass is 340 g/mol. The van der Waals surface area contributed by atoms with Gasteiger partial charge in [-0.15, -0.1) is 10.2 Å². The number of likely N-dealkylation sites (tertiary alicyclic amines) is 1. The van der Waals surface area contributed by atoms with Crippen LogP contribution in [0.5, 0.6) is 0 Å². The number of amides is 1. The molecule has 1 saturated carbocycles. The van der Waals surface area contributed by atoms with Crippen LogP contribution in [0.2, 0.25) is 0 Å². The van der Waals surface area contributed by atoms with Gasteiger partial charge in [0.25, 0.3) is 5.91 Å². The number of ether oxygens (including phenoxy) is 1. The van der Waals surface area contributed by atoms with Crippen molar-refractivity contribution in [3.63, 3.8) is 0 Å². The lowest BCUT2D eigenvalue weighted by Gasteiger charge is -2.43. The lowest BCUT2D eigenvalue weighted by atomic mass is 9.76. The van der Waals surface area contributed by atoms with Crippen LogP contribution < -0.4 is 0 Å². The van der Waals surface area contributed by atoms with E-state index in [1.807, 2.05) is 29.2 Å². The number of piperidine rings is 1. The Labute approximate surface area is 147 Å². The molecule has 1 aromatic carbocycles. The van der Waals surface area contributed by atoms with Crippen molar-refractivity contribution < 1.29 is 9.53 Å². The van der Waals surface area contributed by atoms with Gasteiger partial charge >= 0.3 is 0 Å². The van der Waals surface area contributed by atoms with Crippen LogP contribution >= 0.6 is 0 Å². The van der Waals surface area contributed by atoms with E-state index in [1.54, 1.807) is 24.3 Å². The number of hydrogen-bond donors (Lipinski definition) is 0. The lowest BCUT2D eigenvalue weighted by Crippen LogP contribution is -2.50. The Hall–Kier alpha value is -2.21. The molecular formula is C19H24N4O2. The van der Waals surface area contributed by atoms with E-state index in [0.29, 0.717) is 5.56 Å². The summed E-state index contributed by atoms with van der Waals surface area (Å²) in [6.45, 7) is 1.61. The number of aromatic nitrogens is 3. The molecule has 0 bridgehead atoms. The van der Waals surface area contributed by atoms with Crippen molar-refractivity contribution in [2.24, 2.45) is 5.41 Å². The van der Waals surface area contributed by atoms with Gasteiger partial charge in [-0.25, -0.2) is 0 Å². The van der Waals surface area contributed by atoms with Crippen molar-refractivity contribution in [3.8, 4) is 5.69 Å². The van der Waals surface area contributed by atoms with Crippen molar-refractivity contribution in [1.82, 2.24) is 19.7 Å². The van der Waals surface area contributed by atoms with Crippen LogP contribution in [0.1, 0.15) is 42.5 Å². The first kappa shape index (κ1) is 16.3. The molecule has 6 heteroatoms. The van der Waals surface area contributed by atoms with Crippen LogP contribution in [0.25, 0.3) is 5.69 Å². The number of para-hydroxylation sites is 1. The highest BCUT2D eigenvalue weighted by atomic mass is 16.5. The van der Waals surface area contributed by atoms with Gasteiger partial charge in [-0.05, 0) is 37.8 Å². The number of methoxy groups -OCH3 is 1. The number of carbonyl (C=O) groups is 1. The first-order chi connectivity index (χ1) is 12.2. The first-order valence-corrected chi connectivity index (χ1v) is 9.00. The Morgan fingerprint density at radius 3 is 2.76 bits per heavy atom. The molecule has 25 heavy (non-hydrogen) atoms. The highest BCUT2D eigenvalue weighted by Crippen LogP contribution is 2.46. The molecule has 2 aromatic rings. The fourth-order valence-corrected chi connectivity index (χ4v) is 4.65. The number of rotatable bonds is 3. The summed E-state index contributed by atoms with van der Waals surface area (Å²) in [7, 11) is 1.81. The van der Waals surface area contributed by atoms with Crippen molar-refractivity contribution >= 4 is 5.91 Å². The third-order valence-electron chi connectivity index (χ3n) is 5.84. The molecule has 2 fully saturated rings. The molecule has 1 saturated heterocycles. The third kappa shape index (κ3) is 2.84. The van der Waals surface area contributed by atoms with Gasteiger partial charge in [0.15, 0.2) is 0 Å². The van der Waals surface area contributed by atoms with Crippen molar-refractivity contribution in [3.05, 3.63) is 42.5 Å². The van der Waals surface area contributed by atoms with E-state index in [4.69, 9.17) is 4.74 Å². The fourth-order valence-electron chi connectivity index (χ4n) is 4.65. The molecule has 6 nitrogen and oxygen atoms in total. The lowest BCUT2D eigenvalue weighted by molar-refractivity contribution is -0.0295. The molecule has 2 atom stereocenters. The van der Waals surface area contributed by atoms with Crippen LogP contribution in [-0.2, 0) is 4.74 Å². The summed E-state index contributed by atoms with van der Waals surface area (Å²) in [5, 5.41) is 7.72. The first-order valence-electron chi connectivity index (χ1n) is 9.00. The van der Waals surface area contributed by atoms with Crippen LogP contribution in [0, 0.1) is 5.41 Å². The maximum atomic E-state index is 13.3. The third-order valence-corrected chi connectivity index (χ3v) is 5.84. The Morgan fingerprint density at radius 2 is 1.96 bits per heavy atom. The Bertz CT molecular complexity index is 746. The summed E-state index contributed by atoms with van der Waals surface area (Å²) >= 11 is 0. The largest absolute Gasteiger partial charge is 0.381 e. The molecule has 1 aliphatic carbocycles. The molecule has 2 aliphatic rings. The van der Waals surface area contributed by atoms with Crippen molar-refractivity contribution in [2.75, 3.05) is 20.2 Å². The second-order valence-electron chi connectivity index (χ2n) is 7.20. The maximum absolute atomic E-state index is 13.3. The number of benzene rings is 1. The van der Waals surface area contributed by atoms with Gasteiger partial charge in [0.2, 0.25) is 0 Å².